The van der Waals surface area contributed by atoms with E-state index in [-0.39, 0.29) is 12.4 Å². The lowest BCUT2D eigenvalue weighted by atomic mass is 9.98. The zero-order chi connectivity index (χ0) is 21.0. The smallest absolute Gasteiger partial charge is 0.416 e. The Balaban J connectivity index is 1.78. The Hall–Kier alpha value is -2.54. The van der Waals surface area contributed by atoms with Crippen LogP contribution in [0.5, 0.6) is 5.75 Å². The van der Waals surface area contributed by atoms with Gasteiger partial charge in [-0.1, -0.05) is 18.2 Å². The van der Waals surface area contributed by atoms with Gasteiger partial charge in [-0.2, -0.15) is 13.2 Å². The number of fused-ring (bicyclic) bond motifs is 1. The van der Waals surface area contributed by atoms with Crippen LogP contribution < -0.4 is 4.74 Å². The number of ether oxygens (including phenoxy) is 3. The summed E-state index contributed by atoms with van der Waals surface area (Å²) in [4.78, 5) is 11.9. The average Bonchev–Trinajstić information content (AvgIpc) is 3.10. The first kappa shape index (κ1) is 21.2. The van der Waals surface area contributed by atoms with Gasteiger partial charge in [0.05, 0.1) is 24.7 Å². The minimum Gasteiger partial charge on any atom is -0.485 e. The van der Waals surface area contributed by atoms with Crippen molar-refractivity contribution in [1.82, 2.24) is 0 Å². The summed E-state index contributed by atoms with van der Waals surface area (Å²) < 4.78 is 55.6. The fourth-order valence-electron chi connectivity index (χ4n) is 3.42. The lowest BCUT2D eigenvalue weighted by Crippen LogP contribution is -2.13. The Kier molecular flexibility index (Phi) is 6.47. The molecule has 1 aliphatic rings. The highest BCUT2D eigenvalue weighted by Gasteiger charge is 2.32. The van der Waals surface area contributed by atoms with Gasteiger partial charge in [-0.25, -0.2) is 0 Å². The molecule has 2 atom stereocenters. The molecule has 0 saturated heterocycles. The van der Waals surface area contributed by atoms with Gasteiger partial charge in [-0.15, -0.1) is 0 Å². The van der Waals surface area contributed by atoms with Crippen molar-refractivity contribution in [3.8, 4) is 5.75 Å². The maximum atomic E-state index is 13.0. The first-order valence-electron chi connectivity index (χ1n) is 9.55. The van der Waals surface area contributed by atoms with Crippen molar-refractivity contribution in [1.29, 1.82) is 0 Å². The quantitative estimate of drug-likeness (QED) is 0.575. The van der Waals surface area contributed by atoms with Crippen LogP contribution >= 0.6 is 0 Å². The van der Waals surface area contributed by atoms with E-state index in [1.807, 2.05) is 19.1 Å². The zero-order valence-corrected chi connectivity index (χ0v) is 16.3. The van der Waals surface area contributed by atoms with Crippen molar-refractivity contribution < 1.29 is 32.2 Å². The van der Waals surface area contributed by atoms with E-state index >= 15 is 0 Å². The van der Waals surface area contributed by atoms with Crippen LogP contribution in [0.25, 0.3) is 0 Å². The molecule has 0 spiro atoms. The number of hydrogen-bond acceptors (Lipinski definition) is 4. The molecular weight excluding hydrogens is 385 g/mol. The van der Waals surface area contributed by atoms with E-state index in [0.29, 0.717) is 30.9 Å². The number of carbonyl (C=O) groups is 1. The third kappa shape index (κ3) is 5.09. The Morgan fingerprint density at radius 2 is 1.97 bits per heavy atom. The first-order chi connectivity index (χ1) is 13.8. The van der Waals surface area contributed by atoms with Gasteiger partial charge in [0.2, 0.25) is 0 Å². The molecular formula is C22H23F3O4. The van der Waals surface area contributed by atoms with Crippen LogP contribution in [-0.2, 0) is 26.9 Å². The van der Waals surface area contributed by atoms with Gasteiger partial charge < -0.3 is 14.2 Å². The highest BCUT2D eigenvalue weighted by molar-refractivity contribution is 5.70. The molecule has 0 N–H and O–H groups in total. The second kappa shape index (κ2) is 8.86. The van der Waals surface area contributed by atoms with Gasteiger partial charge in [-0.3, -0.25) is 4.79 Å². The van der Waals surface area contributed by atoms with Crippen molar-refractivity contribution >= 4 is 5.97 Å². The topological polar surface area (TPSA) is 44.8 Å². The van der Waals surface area contributed by atoms with Crippen molar-refractivity contribution in [2.75, 3.05) is 13.2 Å². The van der Waals surface area contributed by atoms with Crippen molar-refractivity contribution in [3.05, 3.63) is 64.7 Å². The Labute approximate surface area is 167 Å². The summed E-state index contributed by atoms with van der Waals surface area (Å²) in [6.45, 7) is 4.32. The molecule has 0 radical (unpaired) electrons. The maximum Gasteiger partial charge on any atom is 0.416 e. The van der Waals surface area contributed by atoms with Crippen LogP contribution in [0.1, 0.15) is 54.7 Å². The van der Waals surface area contributed by atoms with Crippen LogP contribution in [0.3, 0.4) is 0 Å². The molecule has 0 aromatic heterocycles. The molecule has 2 aromatic rings. The number of carbonyl (C=O) groups excluding carboxylic acids is 1. The van der Waals surface area contributed by atoms with Crippen molar-refractivity contribution in [2.24, 2.45) is 0 Å². The van der Waals surface area contributed by atoms with Gasteiger partial charge in [0, 0.05) is 13.0 Å². The molecule has 1 heterocycles. The summed E-state index contributed by atoms with van der Waals surface area (Å²) in [5.74, 6) is 0.284. The minimum atomic E-state index is -4.40. The molecule has 0 bridgehead atoms. The van der Waals surface area contributed by atoms with Gasteiger partial charge in [0.1, 0.15) is 11.9 Å². The maximum absolute atomic E-state index is 13.0. The molecule has 4 nitrogen and oxygen atoms in total. The molecule has 29 heavy (non-hydrogen) atoms. The zero-order valence-electron chi connectivity index (χ0n) is 16.3. The summed E-state index contributed by atoms with van der Waals surface area (Å²) in [5, 5.41) is 0. The predicted molar refractivity (Wildman–Crippen MR) is 101 cm³/mol. The van der Waals surface area contributed by atoms with Gasteiger partial charge in [0.25, 0.3) is 0 Å². The van der Waals surface area contributed by atoms with Crippen LogP contribution in [0.15, 0.2) is 42.5 Å². The van der Waals surface area contributed by atoms with Crippen LogP contribution in [0, 0.1) is 0 Å². The number of halogens is 3. The molecule has 1 aliphatic heterocycles. The fourth-order valence-corrected chi connectivity index (χ4v) is 3.42. The third-order valence-electron chi connectivity index (χ3n) is 4.74. The highest BCUT2D eigenvalue weighted by atomic mass is 19.4. The summed E-state index contributed by atoms with van der Waals surface area (Å²) >= 11 is 0. The van der Waals surface area contributed by atoms with Crippen molar-refractivity contribution in [2.45, 2.75) is 45.1 Å². The highest BCUT2D eigenvalue weighted by Crippen LogP contribution is 2.40. The molecule has 0 aliphatic carbocycles. The van der Waals surface area contributed by atoms with E-state index in [1.165, 1.54) is 6.07 Å². The SMILES string of the molecule is CCOC(=O)CC(OCC)c1ccc2c(c1)CC(c1cccc(C(F)(F)F)c1)O2. The number of benzene rings is 2. The Morgan fingerprint density at radius 3 is 2.66 bits per heavy atom. The summed E-state index contributed by atoms with van der Waals surface area (Å²) in [6, 6.07) is 10.7. The predicted octanol–water partition coefficient (Wildman–Crippen LogP) is 5.41. The first-order valence-corrected chi connectivity index (χ1v) is 9.55. The number of rotatable bonds is 7. The lowest BCUT2D eigenvalue weighted by Gasteiger charge is -2.17. The largest absolute Gasteiger partial charge is 0.485 e. The minimum absolute atomic E-state index is 0.0956. The molecule has 2 aromatic carbocycles. The van der Waals surface area contributed by atoms with Crippen LogP contribution in [0.4, 0.5) is 13.2 Å². The summed E-state index contributed by atoms with van der Waals surface area (Å²) in [7, 11) is 0. The standard InChI is InChI=1S/C22H23F3O4/c1-3-27-19(13-21(26)28-4-2)15-8-9-18-16(10-15)12-20(29-18)14-6-5-7-17(11-14)22(23,24)25/h5-11,19-20H,3-4,12-13H2,1-2H3. The summed E-state index contributed by atoms with van der Waals surface area (Å²) in [5.41, 5.74) is 1.47. The molecule has 0 fully saturated rings. The van der Waals surface area contributed by atoms with E-state index < -0.39 is 23.9 Å². The molecule has 156 valence electrons. The number of esters is 1. The molecule has 0 saturated carbocycles. The monoisotopic (exact) mass is 408 g/mol. The van der Waals surface area contributed by atoms with Crippen LogP contribution in [0.2, 0.25) is 0 Å². The summed E-state index contributed by atoms with van der Waals surface area (Å²) in [6.07, 6.45) is -4.79. The van der Waals surface area contributed by atoms with E-state index in [4.69, 9.17) is 14.2 Å². The molecule has 7 heteroatoms. The molecule has 3 rings (SSSR count). The average molecular weight is 408 g/mol. The molecule has 0 amide bonds. The number of hydrogen-bond donors (Lipinski definition) is 0. The number of alkyl halides is 3. The molecule has 2 unspecified atom stereocenters. The van der Waals surface area contributed by atoms with Crippen LogP contribution in [-0.4, -0.2) is 19.2 Å². The van der Waals surface area contributed by atoms with E-state index in [0.717, 1.165) is 23.3 Å². The van der Waals surface area contributed by atoms with Gasteiger partial charge >= 0.3 is 12.1 Å². The van der Waals surface area contributed by atoms with Gasteiger partial charge in [-0.05, 0) is 54.8 Å². The second-order valence-corrected chi connectivity index (χ2v) is 6.75. The van der Waals surface area contributed by atoms with Gasteiger partial charge in [0.15, 0.2) is 0 Å². The second-order valence-electron chi connectivity index (χ2n) is 6.75. The third-order valence-corrected chi connectivity index (χ3v) is 4.74. The van der Waals surface area contributed by atoms with E-state index in [2.05, 4.69) is 0 Å². The van der Waals surface area contributed by atoms with Crippen molar-refractivity contribution in [3.63, 3.8) is 0 Å². The van der Waals surface area contributed by atoms with E-state index in [9.17, 15) is 18.0 Å². The van der Waals surface area contributed by atoms with E-state index in [1.54, 1.807) is 19.1 Å². The Bertz CT molecular complexity index is 863. The Morgan fingerprint density at radius 1 is 1.17 bits per heavy atom. The normalized spacial score (nSPS) is 16.8. The lowest BCUT2D eigenvalue weighted by molar-refractivity contribution is -0.146. The fraction of sp³-hybridized carbons (Fsp3) is 0.409.